The molecule has 1 heterocycles. The van der Waals surface area contributed by atoms with Gasteiger partial charge in [-0.1, -0.05) is 24.8 Å². The van der Waals surface area contributed by atoms with Gasteiger partial charge in [0.25, 0.3) is 0 Å². The molecule has 124 valence electrons. The Morgan fingerprint density at radius 1 is 1.21 bits per heavy atom. The van der Waals surface area contributed by atoms with Crippen LogP contribution in [-0.4, -0.2) is 17.5 Å². The van der Waals surface area contributed by atoms with E-state index in [1.54, 1.807) is 31.4 Å². The molecule has 0 fully saturated rings. The van der Waals surface area contributed by atoms with Gasteiger partial charge in [-0.15, -0.1) is 0 Å². The molecule has 0 radical (unpaired) electrons. The van der Waals surface area contributed by atoms with Crippen molar-refractivity contribution in [2.75, 3.05) is 7.11 Å². The van der Waals surface area contributed by atoms with Gasteiger partial charge in [0.1, 0.15) is 12.3 Å². The second kappa shape index (κ2) is 7.93. The van der Waals surface area contributed by atoms with E-state index in [9.17, 15) is 4.79 Å². The highest BCUT2D eigenvalue weighted by molar-refractivity contribution is 5.95. The summed E-state index contributed by atoms with van der Waals surface area (Å²) in [5, 5.41) is 0. The number of hydrogen-bond acceptors (Lipinski definition) is 2. The number of carbonyl (C=O) groups excluding carboxylic acids is 1. The molecule has 0 N–H and O–H groups in total. The minimum Gasteiger partial charge on any atom is -1.00 e. The molecule has 0 spiro atoms. The lowest BCUT2D eigenvalue weighted by atomic mass is 10.1. The number of methoxy groups -OCH3 is 1. The number of imidazole rings is 1. The maximum atomic E-state index is 12.5. The summed E-state index contributed by atoms with van der Waals surface area (Å²) >= 11 is 0. The standard InChI is InChI=1S/C19H19N2O2.BrH/c1-3-12-20-14-21(18-7-5-4-6-17(18)20)13-19(22)15-8-10-16(23-2)11-9-15;/h3-11,14H,1,12-13H2,2H3;1H/q+1;/p-1. The van der Waals surface area contributed by atoms with Crippen LogP contribution in [-0.2, 0) is 13.1 Å². The van der Waals surface area contributed by atoms with Gasteiger partial charge in [-0.2, -0.15) is 0 Å². The highest BCUT2D eigenvalue weighted by Crippen LogP contribution is 2.13. The number of para-hydroxylation sites is 2. The van der Waals surface area contributed by atoms with Crippen molar-refractivity contribution in [1.82, 2.24) is 4.57 Å². The van der Waals surface area contributed by atoms with E-state index in [0.717, 1.165) is 16.8 Å². The van der Waals surface area contributed by atoms with Crippen LogP contribution in [0, 0.1) is 0 Å². The molecule has 0 aliphatic carbocycles. The molecule has 3 rings (SSSR count). The largest absolute Gasteiger partial charge is 1.00 e. The monoisotopic (exact) mass is 386 g/mol. The normalized spacial score (nSPS) is 10.2. The summed E-state index contributed by atoms with van der Waals surface area (Å²) < 4.78 is 9.19. The molecule has 0 aliphatic heterocycles. The molecule has 3 aromatic rings. The number of halogens is 1. The Balaban J connectivity index is 0.00000208. The van der Waals surface area contributed by atoms with Crippen LogP contribution in [0.3, 0.4) is 0 Å². The van der Waals surface area contributed by atoms with Crippen molar-refractivity contribution in [3.8, 4) is 5.75 Å². The Kier molecular flexibility index (Phi) is 5.93. The smallest absolute Gasteiger partial charge is 0.245 e. The molecule has 0 saturated carbocycles. The molecular weight excluding hydrogens is 368 g/mol. The summed E-state index contributed by atoms with van der Waals surface area (Å²) in [4.78, 5) is 12.5. The molecule has 0 saturated heterocycles. The molecule has 0 unspecified atom stereocenters. The predicted octanol–water partition coefficient (Wildman–Crippen LogP) is 0.0103. The molecule has 0 bridgehead atoms. The highest BCUT2D eigenvalue weighted by atomic mass is 79.9. The van der Waals surface area contributed by atoms with Crippen molar-refractivity contribution in [3.05, 3.63) is 73.1 Å². The van der Waals surface area contributed by atoms with Gasteiger partial charge in [0, 0.05) is 5.56 Å². The number of carbonyl (C=O) groups is 1. The van der Waals surface area contributed by atoms with E-state index in [1.165, 1.54) is 0 Å². The molecular formula is C19H19BrN2O2. The minimum absolute atomic E-state index is 0. The topological polar surface area (TPSA) is 35.1 Å². The van der Waals surface area contributed by atoms with Crippen LogP contribution in [0.4, 0.5) is 0 Å². The molecule has 0 aliphatic rings. The summed E-state index contributed by atoms with van der Waals surface area (Å²) in [5.41, 5.74) is 2.81. The number of benzene rings is 2. The van der Waals surface area contributed by atoms with E-state index < -0.39 is 0 Å². The maximum Gasteiger partial charge on any atom is 0.245 e. The van der Waals surface area contributed by atoms with E-state index in [4.69, 9.17) is 4.74 Å². The number of hydrogen-bond donors (Lipinski definition) is 0. The van der Waals surface area contributed by atoms with Gasteiger partial charge in [-0.25, -0.2) is 9.13 Å². The lowest BCUT2D eigenvalue weighted by molar-refractivity contribution is -0.657. The number of rotatable bonds is 6. The lowest BCUT2D eigenvalue weighted by Gasteiger charge is -2.02. The Morgan fingerprint density at radius 3 is 2.58 bits per heavy atom. The van der Waals surface area contributed by atoms with Gasteiger partial charge < -0.3 is 21.7 Å². The summed E-state index contributed by atoms with van der Waals surface area (Å²) in [6, 6.07) is 15.3. The van der Waals surface area contributed by atoms with Gasteiger partial charge in [-0.05, 0) is 36.4 Å². The third-order valence-electron chi connectivity index (χ3n) is 3.83. The number of Topliss-reactive ketones (excluding diaryl/α,β-unsaturated/α-hetero) is 1. The van der Waals surface area contributed by atoms with Crippen LogP contribution >= 0.6 is 0 Å². The van der Waals surface area contributed by atoms with Crippen LogP contribution in [0.15, 0.2) is 67.5 Å². The average molecular weight is 387 g/mol. The van der Waals surface area contributed by atoms with Gasteiger partial charge in [-0.3, -0.25) is 4.79 Å². The van der Waals surface area contributed by atoms with Crippen molar-refractivity contribution < 1.29 is 31.1 Å². The van der Waals surface area contributed by atoms with E-state index >= 15 is 0 Å². The lowest BCUT2D eigenvalue weighted by Crippen LogP contribution is -3.00. The Hall–Kier alpha value is -2.40. The molecule has 2 aromatic carbocycles. The van der Waals surface area contributed by atoms with Crippen molar-refractivity contribution in [1.29, 1.82) is 0 Å². The zero-order valence-corrected chi connectivity index (χ0v) is 15.1. The third kappa shape index (κ3) is 3.57. The molecule has 1 aromatic heterocycles. The Bertz CT molecular complexity index is 853. The number of ketones is 1. The zero-order valence-electron chi connectivity index (χ0n) is 13.5. The van der Waals surface area contributed by atoms with Crippen LogP contribution in [0.5, 0.6) is 5.75 Å². The third-order valence-corrected chi connectivity index (χ3v) is 3.83. The van der Waals surface area contributed by atoms with Crippen LogP contribution in [0.25, 0.3) is 11.0 Å². The number of aromatic nitrogens is 2. The van der Waals surface area contributed by atoms with E-state index in [1.807, 2.05) is 41.2 Å². The molecule has 5 heteroatoms. The first-order valence-electron chi connectivity index (χ1n) is 7.48. The quantitative estimate of drug-likeness (QED) is 0.340. The number of ether oxygens (including phenoxy) is 1. The van der Waals surface area contributed by atoms with Gasteiger partial charge in [0.15, 0.2) is 17.6 Å². The van der Waals surface area contributed by atoms with Crippen LogP contribution in [0.2, 0.25) is 0 Å². The first kappa shape index (κ1) is 17.9. The van der Waals surface area contributed by atoms with Crippen molar-refractivity contribution in [3.63, 3.8) is 0 Å². The van der Waals surface area contributed by atoms with Crippen molar-refractivity contribution in [2.24, 2.45) is 0 Å². The molecule has 0 amide bonds. The van der Waals surface area contributed by atoms with Gasteiger partial charge in [0.05, 0.1) is 7.11 Å². The number of nitrogens with zero attached hydrogens (tertiary/aromatic N) is 2. The minimum atomic E-state index is 0. The van der Waals surface area contributed by atoms with E-state index in [-0.39, 0.29) is 22.8 Å². The molecule has 0 atom stereocenters. The number of fused-ring (bicyclic) bond motifs is 1. The summed E-state index contributed by atoms with van der Waals surface area (Å²) in [7, 11) is 1.61. The Morgan fingerprint density at radius 2 is 1.92 bits per heavy atom. The van der Waals surface area contributed by atoms with Gasteiger partial charge in [0.2, 0.25) is 12.1 Å². The zero-order chi connectivity index (χ0) is 16.2. The first-order chi connectivity index (χ1) is 11.2. The first-order valence-corrected chi connectivity index (χ1v) is 7.48. The molecule has 4 nitrogen and oxygen atoms in total. The SMILES string of the molecule is C=CCn1c[n+](CC(=O)c2ccc(OC)cc2)c2ccccc21.[Br-]. The Labute approximate surface area is 151 Å². The predicted molar refractivity (Wildman–Crippen MR) is 89.7 cm³/mol. The fourth-order valence-electron chi connectivity index (χ4n) is 2.68. The van der Waals surface area contributed by atoms with Crippen LogP contribution in [0.1, 0.15) is 10.4 Å². The molecule has 24 heavy (non-hydrogen) atoms. The van der Waals surface area contributed by atoms with Gasteiger partial charge >= 0.3 is 0 Å². The van der Waals surface area contributed by atoms with E-state index in [2.05, 4.69) is 11.1 Å². The van der Waals surface area contributed by atoms with Crippen molar-refractivity contribution >= 4 is 16.8 Å². The highest BCUT2D eigenvalue weighted by Gasteiger charge is 2.17. The second-order valence-electron chi connectivity index (χ2n) is 5.32. The fraction of sp³-hybridized carbons (Fsp3) is 0.158. The van der Waals surface area contributed by atoms with E-state index in [0.29, 0.717) is 18.7 Å². The summed E-state index contributed by atoms with van der Waals surface area (Å²) in [6.07, 6.45) is 3.82. The van der Waals surface area contributed by atoms with Crippen molar-refractivity contribution in [2.45, 2.75) is 13.1 Å². The van der Waals surface area contributed by atoms with Crippen LogP contribution < -0.4 is 26.3 Å². The fourth-order valence-corrected chi connectivity index (χ4v) is 2.68. The summed E-state index contributed by atoms with van der Waals surface area (Å²) in [6.45, 7) is 4.80. The number of allylic oxidation sites excluding steroid dienone is 1. The second-order valence-corrected chi connectivity index (χ2v) is 5.32. The summed E-state index contributed by atoms with van der Waals surface area (Å²) in [5.74, 6) is 0.816. The maximum absolute atomic E-state index is 12.5. The average Bonchev–Trinajstić information content (AvgIpc) is 2.93.